The Hall–Kier alpha value is -2.07. The van der Waals surface area contributed by atoms with E-state index in [1.54, 1.807) is 10.9 Å². The fourth-order valence-electron chi connectivity index (χ4n) is 3.06. The molecule has 0 amide bonds. The predicted octanol–water partition coefficient (Wildman–Crippen LogP) is 2.75. The molecule has 0 aromatic carbocycles. The van der Waals surface area contributed by atoms with Gasteiger partial charge in [-0.2, -0.15) is 0 Å². The van der Waals surface area contributed by atoms with Gasteiger partial charge in [0.05, 0.1) is 32.2 Å². The highest BCUT2D eigenvalue weighted by Crippen LogP contribution is 2.52. The molecule has 1 atom stereocenters. The number of fused-ring (bicyclic) bond motifs is 1. The number of esters is 1. The molecule has 1 saturated heterocycles. The first kappa shape index (κ1) is 23.6. The lowest BCUT2D eigenvalue weighted by Gasteiger charge is -2.29. The molecule has 1 aliphatic rings. The molecule has 12 heteroatoms. The van der Waals surface area contributed by atoms with E-state index in [0.29, 0.717) is 29.9 Å². The second-order valence-corrected chi connectivity index (χ2v) is 10.6. The Balaban J connectivity index is 1.42. The van der Waals surface area contributed by atoms with Crippen LogP contribution in [0.5, 0.6) is 0 Å². The molecule has 0 radical (unpaired) electrons. The van der Waals surface area contributed by atoms with Crippen LogP contribution in [-0.2, 0) is 34.4 Å². The monoisotopic (exact) mass is 455 g/mol. The molecular weight excluding hydrogens is 425 g/mol. The van der Waals surface area contributed by atoms with E-state index in [4.69, 9.17) is 24.3 Å². The average Bonchev–Trinajstić information content (AvgIpc) is 3.09. The number of rotatable bonds is 8. The number of nitrogen functional groups attached to an aromatic ring is 1. The van der Waals surface area contributed by atoms with Crippen molar-refractivity contribution in [3.63, 3.8) is 0 Å². The molecule has 0 aliphatic carbocycles. The number of hydrogen-bond donors (Lipinski definition) is 1. The van der Waals surface area contributed by atoms with Crippen LogP contribution in [-0.4, -0.2) is 56.8 Å². The molecule has 2 aromatic heterocycles. The van der Waals surface area contributed by atoms with Gasteiger partial charge in [0.15, 0.2) is 11.5 Å². The number of carbonyl (C=O) groups is 1. The highest BCUT2D eigenvalue weighted by molar-refractivity contribution is 7.53. The van der Waals surface area contributed by atoms with E-state index in [1.165, 1.54) is 6.33 Å². The van der Waals surface area contributed by atoms with Gasteiger partial charge in [0.2, 0.25) is 0 Å². The summed E-state index contributed by atoms with van der Waals surface area (Å²) in [6, 6.07) is 0. The number of imidazole rings is 1. The number of ether oxygens (including phenoxy) is 2. The Morgan fingerprint density at radius 3 is 2.71 bits per heavy atom. The molecule has 0 saturated carbocycles. The maximum Gasteiger partial charge on any atom is 0.356 e. The molecule has 0 unspecified atom stereocenters. The van der Waals surface area contributed by atoms with Crippen LogP contribution in [0.1, 0.15) is 40.5 Å². The van der Waals surface area contributed by atoms with Gasteiger partial charge in [-0.15, -0.1) is 0 Å². The maximum absolute atomic E-state index is 12.8. The molecule has 1 fully saturated rings. The topological polar surface area (TPSA) is 141 Å². The van der Waals surface area contributed by atoms with Crippen molar-refractivity contribution in [2.24, 2.45) is 5.92 Å². The van der Waals surface area contributed by atoms with Gasteiger partial charge in [-0.25, -0.2) is 15.0 Å². The van der Waals surface area contributed by atoms with Gasteiger partial charge in [0.25, 0.3) is 0 Å². The van der Waals surface area contributed by atoms with E-state index in [9.17, 15) is 9.36 Å². The first-order chi connectivity index (χ1) is 14.5. The van der Waals surface area contributed by atoms with Gasteiger partial charge in [0.1, 0.15) is 23.8 Å². The standard InChI is InChI=1S/C19H30N5O6P/c1-13(7-24-11-23-16-17(20)21-10-22-18(16)24)27-12-31(26)28-8-14(9-29-31)5-6-15(25)30-19(2,3)4/h10-11,13-14H,5-9,12H2,1-4H3,(H2,20,21,22)/t13-,14?,31?/m1/s1. The lowest BCUT2D eigenvalue weighted by Crippen LogP contribution is -2.27. The fourth-order valence-corrected chi connectivity index (χ4v) is 4.60. The molecule has 2 N–H and O–H groups in total. The molecule has 172 valence electrons. The highest BCUT2D eigenvalue weighted by atomic mass is 31.2. The smallest absolute Gasteiger partial charge is 0.356 e. The van der Waals surface area contributed by atoms with Crippen LogP contribution >= 0.6 is 7.60 Å². The Bertz CT molecular complexity index is 947. The molecule has 3 rings (SSSR count). The van der Waals surface area contributed by atoms with Gasteiger partial charge < -0.3 is 28.8 Å². The normalized spacial score (nSPS) is 23.0. The summed E-state index contributed by atoms with van der Waals surface area (Å²) < 4.78 is 36.5. The second-order valence-electron chi connectivity index (χ2n) is 8.63. The third kappa shape index (κ3) is 6.70. The van der Waals surface area contributed by atoms with Gasteiger partial charge in [0, 0.05) is 12.3 Å². The summed E-state index contributed by atoms with van der Waals surface area (Å²) in [5, 5.41) is 0. The van der Waals surface area contributed by atoms with Crippen molar-refractivity contribution >= 4 is 30.5 Å². The molecule has 0 spiro atoms. The van der Waals surface area contributed by atoms with Crippen molar-refractivity contribution in [2.75, 3.05) is 25.3 Å². The van der Waals surface area contributed by atoms with Crippen LogP contribution in [0, 0.1) is 5.92 Å². The Morgan fingerprint density at radius 1 is 1.32 bits per heavy atom. The molecule has 31 heavy (non-hydrogen) atoms. The van der Waals surface area contributed by atoms with Crippen LogP contribution in [0.25, 0.3) is 11.2 Å². The average molecular weight is 455 g/mol. The van der Waals surface area contributed by atoms with Crippen LogP contribution in [0.15, 0.2) is 12.7 Å². The van der Waals surface area contributed by atoms with Gasteiger partial charge in [-0.3, -0.25) is 9.36 Å². The number of nitrogens with zero attached hydrogens (tertiary/aromatic N) is 4. The number of hydrogen-bond acceptors (Lipinski definition) is 10. The van der Waals surface area contributed by atoms with Crippen molar-refractivity contribution in [2.45, 2.75) is 58.8 Å². The first-order valence-electron chi connectivity index (χ1n) is 10.2. The van der Waals surface area contributed by atoms with E-state index in [-0.39, 0.29) is 44.0 Å². The fraction of sp³-hybridized carbons (Fsp3) is 0.684. The van der Waals surface area contributed by atoms with Crippen molar-refractivity contribution in [1.29, 1.82) is 0 Å². The van der Waals surface area contributed by atoms with Crippen LogP contribution in [0.4, 0.5) is 5.82 Å². The molecule has 1 aliphatic heterocycles. The summed E-state index contributed by atoms with van der Waals surface area (Å²) in [6.45, 7) is 8.26. The van der Waals surface area contributed by atoms with E-state index in [2.05, 4.69) is 15.0 Å². The molecule has 2 aromatic rings. The Labute approximate surface area is 181 Å². The predicted molar refractivity (Wildman–Crippen MR) is 113 cm³/mol. The van der Waals surface area contributed by atoms with Crippen LogP contribution < -0.4 is 5.73 Å². The van der Waals surface area contributed by atoms with Crippen molar-refractivity contribution in [3.05, 3.63) is 12.7 Å². The summed E-state index contributed by atoms with van der Waals surface area (Å²) in [6.07, 6.45) is 3.35. The minimum atomic E-state index is -3.34. The van der Waals surface area contributed by atoms with E-state index in [0.717, 1.165) is 0 Å². The Morgan fingerprint density at radius 2 is 2.03 bits per heavy atom. The van der Waals surface area contributed by atoms with Crippen molar-refractivity contribution < 1.29 is 27.9 Å². The number of aromatic nitrogens is 4. The largest absolute Gasteiger partial charge is 0.460 e. The zero-order chi connectivity index (χ0) is 22.6. The van der Waals surface area contributed by atoms with Gasteiger partial charge in [-0.1, -0.05) is 0 Å². The third-order valence-corrected chi connectivity index (χ3v) is 6.14. The third-order valence-electron chi connectivity index (χ3n) is 4.59. The summed E-state index contributed by atoms with van der Waals surface area (Å²) >= 11 is 0. The summed E-state index contributed by atoms with van der Waals surface area (Å²) in [7, 11) is -3.34. The van der Waals surface area contributed by atoms with E-state index in [1.807, 2.05) is 27.7 Å². The zero-order valence-electron chi connectivity index (χ0n) is 18.3. The Kier molecular flexibility index (Phi) is 7.31. The van der Waals surface area contributed by atoms with Crippen molar-refractivity contribution in [3.8, 4) is 0 Å². The van der Waals surface area contributed by atoms with Crippen molar-refractivity contribution in [1.82, 2.24) is 19.5 Å². The summed E-state index contributed by atoms with van der Waals surface area (Å²) in [5.74, 6) is 0.0268. The van der Waals surface area contributed by atoms with E-state index < -0.39 is 13.2 Å². The minimum Gasteiger partial charge on any atom is -0.460 e. The number of carbonyl (C=O) groups excluding carboxylic acids is 1. The SMILES string of the molecule is C[C@H](Cn1cnc2c(N)ncnc21)OCP1(=O)OCC(CCC(=O)OC(C)(C)C)CO1. The summed E-state index contributed by atoms with van der Waals surface area (Å²) in [5.41, 5.74) is 6.42. The van der Waals surface area contributed by atoms with Gasteiger partial charge >= 0.3 is 13.6 Å². The van der Waals surface area contributed by atoms with E-state index >= 15 is 0 Å². The molecule has 3 heterocycles. The minimum absolute atomic E-state index is 0.0190. The van der Waals surface area contributed by atoms with Crippen LogP contribution in [0.3, 0.4) is 0 Å². The lowest BCUT2D eigenvalue weighted by molar-refractivity contribution is -0.155. The van der Waals surface area contributed by atoms with Gasteiger partial charge in [-0.05, 0) is 34.1 Å². The second kappa shape index (κ2) is 9.60. The first-order valence-corrected chi connectivity index (χ1v) is 11.9. The summed E-state index contributed by atoms with van der Waals surface area (Å²) in [4.78, 5) is 24.2. The van der Waals surface area contributed by atoms with Crippen LogP contribution in [0.2, 0.25) is 0 Å². The lowest BCUT2D eigenvalue weighted by atomic mass is 10.1. The quantitative estimate of drug-likeness (QED) is 0.466. The molecular formula is C19H30N5O6P. The number of anilines is 1. The highest BCUT2D eigenvalue weighted by Gasteiger charge is 2.33. The number of nitrogens with two attached hydrogens (primary N) is 1. The maximum atomic E-state index is 12.8. The zero-order valence-corrected chi connectivity index (χ0v) is 19.2. The molecule has 11 nitrogen and oxygen atoms in total. The molecule has 0 bridgehead atoms.